The lowest BCUT2D eigenvalue weighted by molar-refractivity contribution is 0.465. The van der Waals surface area contributed by atoms with Crippen LogP contribution in [0.3, 0.4) is 0 Å². The molecule has 0 atom stereocenters. The van der Waals surface area contributed by atoms with E-state index in [2.05, 4.69) is 109 Å². The first-order valence-corrected chi connectivity index (χ1v) is 8.43. The summed E-state index contributed by atoms with van der Waals surface area (Å²) in [6.45, 7) is 5.44. The Bertz CT molecular complexity index is 825. The van der Waals surface area contributed by atoms with Crippen molar-refractivity contribution in [3.05, 3.63) is 90.5 Å². The zero-order valence-corrected chi connectivity index (χ0v) is 14.2. The maximum atomic E-state index is 2.47. The first-order valence-electron chi connectivity index (χ1n) is 8.43. The van der Waals surface area contributed by atoms with E-state index in [1.165, 1.54) is 22.6 Å². The highest BCUT2D eigenvalue weighted by molar-refractivity contribution is 5.73. The smallest absolute Gasteiger partial charge is 0.0960 e. The van der Waals surface area contributed by atoms with E-state index in [0.29, 0.717) is 0 Å². The summed E-state index contributed by atoms with van der Waals surface area (Å²) in [5.74, 6) is 0. The van der Waals surface area contributed by atoms with Crippen LogP contribution in [0.1, 0.15) is 19.4 Å². The molecule has 0 unspecified atom stereocenters. The second kappa shape index (κ2) is 5.72. The summed E-state index contributed by atoms with van der Waals surface area (Å²) in [5, 5.41) is 0. The van der Waals surface area contributed by atoms with Crippen LogP contribution < -0.4 is 9.80 Å². The number of nitrogens with zero attached hydrogens (tertiary/aromatic N) is 2. The normalized spacial score (nSPS) is 15.9. The molecular weight excluding hydrogens is 292 g/mol. The Kier molecular flexibility index (Phi) is 3.53. The van der Waals surface area contributed by atoms with Crippen molar-refractivity contribution in [2.75, 3.05) is 16.5 Å². The molecule has 0 aliphatic carbocycles. The van der Waals surface area contributed by atoms with Gasteiger partial charge < -0.3 is 9.80 Å². The minimum Gasteiger partial charge on any atom is -0.344 e. The van der Waals surface area contributed by atoms with Gasteiger partial charge in [-0.05, 0) is 44.2 Å². The summed E-state index contributed by atoms with van der Waals surface area (Å²) in [4.78, 5) is 4.87. The summed E-state index contributed by atoms with van der Waals surface area (Å²) in [5.41, 5.74) is 5.05. The van der Waals surface area contributed by atoms with Crippen molar-refractivity contribution in [2.24, 2.45) is 0 Å². The van der Waals surface area contributed by atoms with Gasteiger partial charge in [0.25, 0.3) is 0 Å². The number of para-hydroxylation sites is 3. The molecule has 1 aliphatic heterocycles. The van der Waals surface area contributed by atoms with E-state index >= 15 is 0 Å². The molecule has 0 radical (unpaired) electrons. The van der Waals surface area contributed by atoms with Crippen LogP contribution in [-0.4, -0.2) is 6.67 Å². The molecule has 2 heteroatoms. The lowest BCUT2D eigenvalue weighted by Crippen LogP contribution is -2.51. The van der Waals surface area contributed by atoms with Crippen molar-refractivity contribution in [2.45, 2.75) is 19.4 Å². The Labute approximate surface area is 144 Å². The molecule has 0 N–H and O–H groups in total. The number of benzene rings is 3. The fourth-order valence-corrected chi connectivity index (χ4v) is 3.61. The second-order valence-electron chi connectivity index (χ2n) is 6.74. The molecule has 120 valence electrons. The minimum absolute atomic E-state index is 0.0662. The first kappa shape index (κ1) is 14.8. The Morgan fingerprint density at radius 2 is 1.21 bits per heavy atom. The van der Waals surface area contributed by atoms with E-state index in [0.717, 1.165) is 6.67 Å². The molecule has 0 bridgehead atoms. The van der Waals surface area contributed by atoms with Crippen LogP contribution >= 0.6 is 0 Å². The topological polar surface area (TPSA) is 6.48 Å². The van der Waals surface area contributed by atoms with Crippen LogP contribution in [0.4, 0.5) is 17.1 Å². The van der Waals surface area contributed by atoms with Crippen LogP contribution in [0.2, 0.25) is 0 Å². The van der Waals surface area contributed by atoms with Crippen molar-refractivity contribution in [1.82, 2.24) is 0 Å². The predicted molar refractivity (Wildman–Crippen MR) is 102 cm³/mol. The number of hydrogen-bond donors (Lipinski definition) is 0. The minimum atomic E-state index is -0.0662. The Hall–Kier alpha value is -2.74. The summed E-state index contributed by atoms with van der Waals surface area (Å²) < 4.78 is 0. The molecule has 3 aromatic carbocycles. The highest BCUT2D eigenvalue weighted by Crippen LogP contribution is 2.44. The molecule has 1 heterocycles. The molecule has 0 aromatic heterocycles. The van der Waals surface area contributed by atoms with E-state index in [1.807, 2.05) is 0 Å². The molecule has 0 saturated heterocycles. The van der Waals surface area contributed by atoms with Crippen LogP contribution in [-0.2, 0) is 5.54 Å². The molecule has 0 fully saturated rings. The van der Waals surface area contributed by atoms with Gasteiger partial charge in [0.15, 0.2) is 0 Å². The van der Waals surface area contributed by atoms with Crippen LogP contribution in [0.5, 0.6) is 0 Å². The van der Waals surface area contributed by atoms with Crippen molar-refractivity contribution in [3.63, 3.8) is 0 Å². The molecule has 3 aromatic rings. The number of hydrogen-bond acceptors (Lipinski definition) is 2. The van der Waals surface area contributed by atoms with Crippen LogP contribution in [0, 0.1) is 0 Å². The van der Waals surface area contributed by atoms with Crippen LogP contribution in [0.25, 0.3) is 0 Å². The average Bonchev–Trinajstić information content (AvgIpc) is 2.63. The van der Waals surface area contributed by atoms with Crippen molar-refractivity contribution in [1.29, 1.82) is 0 Å². The Morgan fingerprint density at radius 1 is 0.667 bits per heavy atom. The van der Waals surface area contributed by atoms with Crippen molar-refractivity contribution < 1.29 is 0 Å². The van der Waals surface area contributed by atoms with Crippen molar-refractivity contribution >= 4 is 17.1 Å². The highest BCUT2D eigenvalue weighted by atomic mass is 15.4. The molecule has 1 aliphatic rings. The second-order valence-corrected chi connectivity index (χ2v) is 6.74. The van der Waals surface area contributed by atoms with Gasteiger partial charge in [-0.15, -0.1) is 0 Å². The molecule has 0 saturated carbocycles. The summed E-state index contributed by atoms with van der Waals surface area (Å²) in [6.07, 6.45) is 0. The third-order valence-electron chi connectivity index (χ3n) is 4.95. The number of fused-ring (bicyclic) bond motifs is 1. The molecular formula is C22H22N2. The molecule has 24 heavy (non-hydrogen) atoms. The third kappa shape index (κ3) is 2.35. The zero-order chi connectivity index (χ0) is 16.6. The zero-order valence-electron chi connectivity index (χ0n) is 14.2. The fraction of sp³-hybridized carbons (Fsp3) is 0.182. The highest BCUT2D eigenvalue weighted by Gasteiger charge is 2.37. The molecule has 4 rings (SSSR count). The summed E-state index contributed by atoms with van der Waals surface area (Å²) >= 11 is 0. The van der Waals surface area contributed by atoms with Gasteiger partial charge in [-0.1, -0.05) is 54.6 Å². The van der Waals surface area contributed by atoms with Gasteiger partial charge in [-0.3, -0.25) is 0 Å². The van der Waals surface area contributed by atoms with Gasteiger partial charge in [0.2, 0.25) is 0 Å². The predicted octanol–water partition coefficient (Wildman–Crippen LogP) is 5.54. The van der Waals surface area contributed by atoms with E-state index in [4.69, 9.17) is 0 Å². The summed E-state index contributed by atoms with van der Waals surface area (Å²) in [7, 11) is 0. The fourth-order valence-electron chi connectivity index (χ4n) is 3.61. The third-order valence-corrected chi connectivity index (χ3v) is 4.95. The van der Waals surface area contributed by atoms with E-state index < -0.39 is 0 Å². The lowest BCUT2D eigenvalue weighted by atomic mass is 9.87. The molecule has 2 nitrogen and oxygen atoms in total. The van der Waals surface area contributed by atoms with E-state index in [1.54, 1.807) is 0 Å². The summed E-state index contributed by atoms with van der Waals surface area (Å²) in [6, 6.07) is 30.1. The number of anilines is 3. The standard InChI is InChI=1S/C22H22N2/c1-22(2)20-15-9-10-16-21(20)23(18-11-5-3-6-12-18)17-24(22)19-13-7-4-8-14-19/h3-16H,17H2,1-2H3. The quantitative estimate of drug-likeness (QED) is 0.613. The Morgan fingerprint density at radius 3 is 1.88 bits per heavy atom. The van der Waals surface area contributed by atoms with Gasteiger partial charge in [-0.25, -0.2) is 0 Å². The van der Waals surface area contributed by atoms with Crippen molar-refractivity contribution in [3.8, 4) is 0 Å². The Balaban J connectivity index is 1.88. The monoisotopic (exact) mass is 314 g/mol. The SMILES string of the molecule is CC1(C)c2ccccc2N(c2ccccc2)CN1c1ccccc1. The maximum absolute atomic E-state index is 2.47. The maximum Gasteiger partial charge on any atom is 0.0960 e. The van der Waals surface area contributed by atoms with E-state index in [-0.39, 0.29) is 5.54 Å². The van der Waals surface area contributed by atoms with Crippen LogP contribution in [0.15, 0.2) is 84.9 Å². The molecule has 0 amide bonds. The van der Waals surface area contributed by atoms with E-state index in [9.17, 15) is 0 Å². The van der Waals surface area contributed by atoms with Gasteiger partial charge >= 0.3 is 0 Å². The molecule has 0 spiro atoms. The average molecular weight is 314 g/mol. The van der Waals surface area contributed by atoms with Gasteiger partial charge in [0.1, 0.15) is 0 Å². The van der Waals surface area contributed by atoms with Gasteiger partial charge in [-0.2, -0.15) is 0 Å². The van der Waals surface area contributed by atoms with Gasteiger partial charge in [0.05, 0.1) is 12.2 Å². The largest absolute Gasteiger partial charge is 0.344 e. The first-order chi connectivity index (χ1) is 11.7. The number of rotatable bonds is 2. The lowest BCUT2D eigenvalue weighted by Gasteiger charge is -2.50. The van der Waals surface area contributed by atoms with Gasteiger partial charge in [0, 0.05) is 22.6 Å².